The number of benzene rings is 2. The maximum atomic E-state index is 13.8. The zero-order valence-electron chi connectivity index (χ0n) is 15.6. The van der Waals surface area contributed by atoms with Gasteiger partial charge in [-0.3, -0.25) is 4.79 Å². The van der Waals surface area contributed by atoms with Crippen molar-refractivity contribution in [2.24, 2.45) is 0 Å². The fraction of sp³-hybridized carbons (Fsp3) is 0.190. The fourth-order valence-corrected chi connectivity index (χ4v) is 2.80. The van der Waals surface area contributed by atoms with Gasteiger partial charge in [-0.05, 0) is 42.0 Å². The van der Waals surface area contributed by atoms with E-state index in [4.69, 9.17) is 9.15 Å². The molecule has 0 fully saturated rings. The molecule has 0 saturated carbocycles. The number of ether oxygens (including phenoxy) is 1. The molecule has 0 aliphatic carbocycles. The number of rotatable bonds is 5. The molecule has 0 radical (unpaired) electrons. The average Bonchev–Trinajstić information content (AvgIpc) is 3.17. The Morgan fingerprint density at radius 3 is 2.52 bits per heavy atom. The van der Waals surface area contributed by atoms with Crippen LogP contribution in [0.4, 0.5) is 17.6 Å². The van der Waals surface area contributed by atoms with E-state index < -0.39 is 23.5 Å². The van der Waals surface area contributed by atoms with Gasteiger partial charge in [0.1, 0.15) is 5.76 Å². The van der Waals surface area contributed by atoms with Gasteiger partial charge in [-0.25, -0.2) is 4.39 Å². The number of furan rings is 1. The number of nitrogens with zero attached hydrogens (tertiary/aromatic N) is 1. The second-order valence-corrected chi connectivity index (χ2v) is 6.37. The second-order valence-electron chi connectivity index (χ2n) is 6.37. The molecular weight excluding hydrogens is 390 g/mol. The van der Waals surface area contributed by atoms with Crippen molar-refractivity contribution >= 4 is 5.91 Å². The lowest BCUT2D eigenvalue weighted by Crippen LogP contribution is -2.25. The summed E-state index contributed by atoms with van der Waals surface area (Å²) in [6.45, 7) is 0.110. The summed E-state index contributed by atoms with van der Waals surface area (Å²) in [5, 5.41) is 0. The average molecular weight is 407 g/mol. The van der Waals surface area contributed by atoms with Gasteiger partial charge in [0, 0.05) is 19.2 Å². The van der Waals surface area contributed by atoms with E-state index in [0.29, 0.717) is 5.56 Å². The molecule has 0 bridgehead atoms. The lowest BCUT2D eigenvalue weighted by molar-refractivity contribution is -0.137. The molecule has 2 aromatic carbocycles. The minimum Gasteiger partial charge on any atom is -0.494 e. The number of carbonyl (C=O) groups excluding carboxylic acids is 1. The normalized spacial score (nSPS) is 11.4. The van der Waals surface area contributed by atoms with Crippen LogP contribution in [0.2, 0.25) is 0 Å². The summed E-state index contributed by atoms with van der Waals surface area (Å²) in [5.74, 6) is -0.827. The lowest BCUT2D eigenvalue weighted by atomic mass is 10.1. The Balaban J connectivity index is 1.76. The molecule has 8 heteroatoms. The highest BCUT2D eigenvalue weighted by atomic mass is 19.4. The Morgan fingerprint density at radius 1 is 1.10 bits per heavy atom. The van der Waals surface area contributed by atoms with Crippen LogP contribution in [0.1, 0.15) is 21.7 Å². The van der Waals surface area contributed by atoms with Crippen molar-refractivity contribution in [1.82, 2.24) is 4.90 Å². The van der Waals surface area contributed by atoms with Crippen molar-refractivity contribution in [3.8, 4) is 17.1 Å². The minimum absolute atomic E-state index is 0.0334. The Bertz CT molecular complexity index is 1030. The topological polar surface area (TPSA) is 42.7 Å². The predicted octanol–water partition coefficient (Wildman–Crippen LogP) is 5.39. The zero-order valence-corrected chi connectivity index (χ0v) is 15.6. The standard InChI is InChI=1S/C21H17F4NO3/c1-26(12-13-6-7-18(28-2)16(22)10-13)20(27)19-9-8-17(29-19)14-4-3-5-15(11-14)21(23,24)25/h3-11H,12H2,1-2H3. The van der Waals surface area contributed by atoms with Crippen LogP contribution in [0.5, 0.6) is 5.75 Å². The molecule has 1 amide bonds. The molecule has 0 atom stereocenters. The molecule has 3 aromatic rings. The molecule has 29 heavy (non-hydrogen) atoms. The lowest BCUT2D eigenvalue weighted by Gasteiger charge is -2.16. The number of methoxy groups -OCH3 is 1. The molecule has 0 spiro atoms. The van der Waals surface area contributed by atoms with E-state index in [9.17, 15) is 22.4 Å². The number of alkyl halides is 3. The molecule has 0 unspecified atom stereocenters. The van der Waals surface area contributed by atoms with E-state index in [1.165, 1.54) is 55.5 Å². The summed E-state index contributed by atoms with van der Waals surface area (Å²) in [6, 6.07) is 11.8. The van der Waals surface area contributed by atoms with E-state index in [2.05, 4.69) is 0 Å². The quantitative estimate of drug-likeness (QED) is 0.533. The minimum atomic E-state index is -4.48. The van der Waals surface area contributed by atoms with Gasteiger partial charge in [0.15, 0.2) is 17.3 Å². The van der Waals surface area contributed by atoms with Crippen molar-refractivity contribution in [2.45, 2.75) is 12.7 Å². The third-order valence-electron chi connectivity index (χ3n) is 4.27. The highest BCUT2D eigenvalue weighted by molar-refractivity contribution is 5.91. The van der Waals surface area contributed by atoms with Crippen molar-refractivity contribution in [1.29, 1.82) is 0 Å². The van der Waals surface area contributed by atoms with Crippen LogP contribution in [0.25, 0.3) is 11.3 Å². The number of halogens is 4. The highest BCUT2D eigenvalue weighted by Gasteiger charge is 2.30. The number of hydrogen-bond donors (Lipinski definition) is 0. The molecule has 4 nitrogen and oxygen atoms in total. The van der Waals surface area contributed by atoms with Crippen LogP contribution in [-0.4, -0.2) is 25.0 Å². The number of amides is 1. The largest absolute Gasteiger partial charge is 0.494 e. The Labute approximate surface area is 164 Å². The Morgan fingerprint density at radius 2 is 1.86 bits per heavy atom. The van der Waals surface area contributed by atoms with Crippen molar-refractivity contribution < 1.29 is 31.5 Å². The monoisotopic (exact) mass is 407 g/mol. The summed E-state index contributed by atoms with van der Waals surface area (Å²) in [4.78, 5) is 13.9. The van der Waals surface area contributed by atoms with Crippen LogP contribution in [-0.2, 0) is 12.7 Å². The van der Waals surface area contributed by atoms with Gasteiger partial charge in [0.25, 0.3) is 5.91 Å². The first-order chi connectivity index (χ1) is 13.7. The molecule has 0 aliphatic rings. The van der Waals surface area contributed by atoms with Crippen LogP contribution in [0.3, 0.4) is 0 Å². The molecule has 1 heterocycles. The molecule has 3 rings (SSSR count). The van der Waals surface area contributed by atoms with Gasteiger partial charge < -0.3 is 14.1 Å². The smallest absolute Gasteiger partial charge is 0.416 e. The van der Waals surface area contributed by atoms with Crippen molar-refractivity contribution in [3.63, 3.8) is 0 Å². The van der Waals surface area contributed by atoms with E-state index in [1.54, 1.807) is 6.07 Å². The predicted molar refractivity (Wildman–Crippen MR) is 97.9 cm³/mol. The first-order valence-corrected chi connectivity index (χ1v) is 8.54. The van der Waals surface area contributed by atoms with E-state index in [0.717, 1.165) is 12.1 Å². The third kappa shape index (κ3) is 4.59. The van der Waals surface area contributed by atoms with E-state index in [-0.39, 0.29) is 29.4 Å². The maximum absolute atomic E-state index is 13.8. The van der Waals surface area contributed by atoms with Crippen LogP contribution in [0, 0.1) is 5.82 Å². The Kier molecular flexibility index (Phi) is 5.63. The third-order valence-corrected chi connectivity index (χ3v) is 4.27. The molecular formula is C21H17F4NO3. The van der Waals surface area contributed by atoms with Crippen LogP contribution >= 0.6 is 0 Å². The molecule has 0 saturated heterocycles. The first kappa shape index (κ1) is 20.4. The number of hydrogen-bond acceptors (Lipinski definition) is 3. The van der Waals surface area contributed by atoms with Crippen molar-refractivity contribution in [2.75, 3.05) is 14.2 Å². The van der Waals surface area contributed by atoms with Gasteiger partial charge in [-0.1, -0.05) is 18.2 Å². The SMILES string of the molecule is COc1ccc(CN(C)C(=O)c2ccc(-c3cccc(C(F)(F)F)c3)o2)cc1F. The Hall–Kier alpha value is -3.29. The first-order valence-electron chi connectivity index (χ1n) is 8.54. The van der Waals surface area contributed by atoms with Gasteiger partial charge in [0.05, 0.1) is 12.7 Å². The fourth-order valence-electron chi connectivity index (χ4n) is 2.80. The summed E-state index contributed by atoms with van der Waals surface area (Å²) >= 11 is 0. The molecule has 152 valence electrons. The summed E-state index contributed by atoms with van der Waals surface area (Å²) < 4.78 is 62.8. The van der Waals surface area contributed by atoms with Crippen LogP contribution < -0.4 is 4.74 Å². The van der Waals surface area contributed by atoms with E-state index >= 15 is 0 Å². The summed E-state index contributed by atoms with van der Waals surface area (Å²) in [5.41, 5.74) is -0.0551. The highest BCUT2D eigenvalue weighted by Crippen LogP contribution is 2.32. The van der Waals surface area contributed by atoms with Crippen LogP contribution in [0.15, 0.2) is 59.0 Å². The summed E-state index contributed by atoms with van der Waals surface area (Å²) in [6.07, 6.45) is -4.48. The van der Waals surface area contributed by atoms with E-state index in [1.807, 2.05) is 0 Å². The zero-order chi connectivity index (χ0) is 21.2. The summed E-state index contributed by atoms with van der Waals surface area (Å²) in [7, 11) is 2.86. The van der Waals surface area contributed by atoms with Gasteiger partial charge in [-0.15, -0.1) is 0 Å². The van der Waals surface area contributed by atoms with Crippen molar-refractivity contribution in [3.05, 3.63) is 77.3 Å². The molecule has 1 aromatic heterocycles. The second kappa shape index (κ2) is 7.98. The van der Waals surface area contributed by atoms with Gasteiger partial charge >= 0.3 is 6.18 Å². The van der Waals surface area contributed by atoms with Gasteiger partial charge in [-0.2, -0.15) is 13.2 Å². The maximum Gasteiger partial charge on any atom is 0.416 e. The van der Waals surface area contributed by atoms with Gasteiger partial charge in [0.2, 0.25) is 0 Å². The number of carbonyl (C=O) groups is 1. The molecule has 0 aliphatic heterocycles. The molecule has 0 N–H and O–H groups in total.